The van der Waals surface area contributed by atoms with Crippen molar-refractivity contribution in [1.82, 2.24) is 10.2 Å². The second kappa shape index (κ2) is 14.7. The summed E-state index contributed by atoms with van der Waals surface area (Å²) in [6.45, 7) is 2.79. The summed E-state index contributed by atoms with van der Waals surface area (Å²) in [5, 5.41) is 3.01. The van der Waals surface area contributed by atoms with Crippen molar-refractivity contribution < 1.29 is 27.1 Å². The first-order valence-corrected chi connectivity index (χ1v) is 17.0. The number of carbonyl (C=O) groups is 2. The third-order valence-electron chi connectivity index (χ3n) is 7.53. The summed E-state index contributed by atoms with van der Waals surface area (Å²) < 4.78 is 49.8. The molecule has 4 rings (SSSR count). The Morgan fingerprint density at radius 2 is 1.67 bits per heavy atom. The zero-order chi connectivity index (χ0) is 31.0. The Kier molecular flexibility index (Phi) is 11.1. The molecular formula is C32H38FN3O5S2. The van der Waals surface area contributed by atoms with Gasteiger partial charge in [-0.1, -0.05) is 43.2 Å². The van der Waals surface area contributed by atoms with Crippen LogP contribution >= 0.6 is 11.8 Å². The average molecular weight is 628 g/mol. The maximum atomic E-state index is 14.8. The highest BCUT2D eigenvalue weighted by Gasteiger charge is 2.34. The predicted octanol–water partition coefficient (Wildman–Crippen LogP) is 5.62. The summed E-state index contributed by atoms with van der Waals surface area (Å²) in [7, 11) is -4.27. The van der Waals surface area contributed by atoms with Crippen molar-refractivity contribution in [2.75, 3.05) is 23.7 Å². The van der Waals surface area contributed by atoms with Crippen LogP contribution in [0.3, 0.4) is 0 Å². The summed E-state index contributed by atoms with van der Waals surface area (Å²) in [4.78, 5) is 29.6. The van der Waals surface area contributed by atoms with Crippen LogP contribution in [-0.4, -0.2) is 56.6 Å². The van der Waals surface area contributed by atoms with E-state index in [4.69, 9.17) is 4.74 Å². The molecule has 3 aromatic carbocycles. The molecule has 8 nitrogen and oxygen atoms in total. The van der Waals surface area contributed by atoms with E-state index < -0.39 is 34.3 Å². The fraction of sp³-hybridized carbons (Fsp3) is 0.375. The molecule has 1 unspecified atom stereocenters. The van der Waals surface area contributed by atoms with Gasteiger partial charge in [-0.2, -0.15) is 0 Å². The first-order valence-electron chi connectivity index (χ1n) is 14.4. The van der Waals surface area contributed by atoms with Crippen molar-refractivity contribution in [1.29, 1.82) is 0 Å². The number of carbonyl (C=O) groups excluding carboxylic acids is 2. The van der Waals surface area contributed by atoms with E-state index in [2.05, 4.69) is 5.32 Å². The summed E-state index contributed by atoms with van der Waals surface area (Å²) in [5.74, 6) is -1.26. The maximum absolute atomic E-state index is 14.8. The number of hydrogen-bond acceptors (Lipinski definition) is 6. The van der Waals surface area contributed by atoms with Crippen molar-refractivity contribution in [3.63, 3.8) is 0 Å². The maximum Gasteiger partial charge on any atom is 0.264 e. The van der Waals surface area contributed by atoms with Crippen molar-refractivity contribution in [2.45, 2.75) is 68.0 Å². The smallest absolute Gasteiger partial charge is 0.264 e. The van der Waals surface area contributed by atoms with Gasteiger partial charge >= 0.3 is 0 Å². The molecule has 0 radical (unpaired) electrons. The second-order valence-electron chi connectivity index (χ2n) is 10.4. The highest BCUT2D eigenvalue weighted by Crippen LogP contribution is 2.33. The summed E-state index contributed by atoms with van der Waals surface area (Å²) in [6, 6.07) is 18.0. The molecule has 1 N–H and O–H groups in total. The molecule has 0 saturated heterocycles. The number of ether oxygens (including phenoxy) is 1. The van der Waals surface area contributed by atoms with Crippen LogP contribution in [0.15, 0.2) is 82.6 Å². The lowest BCUT2D eigenvalue weighted by Crippen LogP contribution is -2.52. The van der Waals surface area contributed by atoms with Gasteiger partial charge in [0.05, 0.1) is 17.2 Å². The SMILES string of the molecule is CCOc1ccccc1N(CC(=O)N(Cc1ccccc1F)C(C)C(=O)NC1CCCC1)S(=O)(=O)c1ccc(SC)cc1. The second-order valence-corrected chi connectivity index (χ2v) is 13.1. The number of rotatable bonds is 13. The summed E-state index contributed by atoms with van der Waals surface area (Å²) >= 11 is 1.48. The first kappa shape index (κ1) is 32.3. The zero-order valence-corrected chi connectivity index (χ0v) is 26.3. The lowest BCUT2D eigenvalue weighted by molar-refractivity contribution is -0.139. The number of amides is 2. The lowest BCUT2D eigenvalue weighted by Gasteiger charge is -2.33. The molecule has 43 heavy (non-hydrogen) atoms. The highest BCUT2D eigenvalue weighted by molar-refractivity contribution is 7.98. The number of nitrogens with one attached hydrogen (secondary N) is 1. The molecule has 1 fully saturated rings. The zero-order valence-electron chi connectivity index (χ0n) is 24.7. The number of nitrogens with zero attached hydrogens (tertiary/aromatic N) is 2. The van der Waals surface area contributed by atoms with Gasteiger partial charge in [0.2, 0.25) is 11.8 Å². The number of benzene rings is 3. The molecule has 0 heterocycles. The molecule has 1 atom stereocenters. The van der Waals surface area contributed by atoms with Gasteiger partial charge in [0.15, 0.2) is 0 Å². The minimum atomic E-state index is -4.27. The average Bonchev–Trinajstić information content (AvgIpc) is 3.52. The van der Waals surface area contributed by atoms with E-state index in [1.54, 1.807) is 68.4 Å². The molecule has 1 saturated carbocycles. The third kappa shape index (κ3) is 7.88. The van der Waals surface area contributed by atoms with Crippen LogP contribution in [0.4, 0.5) is 10.1 Å². The van der Waals surface area contributed by atoms with Crippen molar-refractivity contribution in [3.8, 4) is 5.75 Å². The summed E-state index contributed by atoms with van der Waals surface area (Å²) in [5.41, 5.74) is 0.397. The van der Waals surface area contributed by atoms with Gasteiger partial charge in [-0.05, 0) is 75.4 Å². The Labute approximate surface area is 257 Å². The van der Waals surface area contributed by atoms with Crippen molar-refractivity contribution in [2.24, 2.45) is 0 Å². The summed E-state index contributed by atoms with van der Waals surface area (Å²) in [6.07, 6.45) is 5.63. The third-order valence-corrected chi connectivity index (χ3v) is 10.0. The van der Waals surface area contributed by atoms with Gasteiger partial charge in [0.1, 0.15) is 24.2 Å². The van der Waals surface area contributed by atoms with E-state index in [-0.39, 0.29) is 47.0 Å². The number of sulfonamides is 1. The highest BCUT2D eigenvalue weighted by atomic mass is 32.2. The largest absolute Gasteiger partial charge is 0.492 e. The minimum absolute atomic E-state index is 0.00270. The van der Waals surface area contributed by atoms with Gasteiger partial charge in [-0.15, -0.1) is 11.8 Å². The van der Waals surface area contributed by atoms with E-state index >= 15 is 0 Å². The van der Waals surface area contributed by atoms with Gasteiger partial charge in [0.25, 0.3) is 10.0 Å². The van der Waals surface area contributed by atoms with E-state index in [1.807, 2.05) is 6.26 Å². The lowest BCUT2D eigenvalue weighted by atomic mass is 10.1. The van der Waals surface area contributed by atoms with Gasteiger partial charge in [-0.3, -0.25) is 13.9 Å². The van der Waals surface area contributed by atoms with Gasteiger partial charge in [-0.25, -0.2) is 12.8 Å². The van der Waals surface area contributed by atoms with E-state index in [0.717, 1.165) is 34.9 Å². The standard InChI is InChI=1S/C32H38FN3O5S2/c1-4-41-30-16-10-9-15-29(30)36(43(39,40)27-19-17-26(42-3)18-20-27)22-31(37)35(21-24-11-5-8-14-28(24)33)23(2)32(38)34-25-12-6-7-13-25/h5,8-11,14-20,23,25H,4,6-7,12-13,21-22H2,1-3H3,(H,34,38). The number of para-hydroxylation sites is 2. The molecule has 3 aromatic rings. The Bertz CT molecular complexity index is 1510. The number of halogens is 1. The van der Waals surface area contributed by atoms with Crippen LogP contribution in [-0.2, 0) is 26.2 Å². The molecule has 0 aromatic heterocycles. The molecule has 0 aliphatic heterocycles. The van der Waals surface area contributed by atoms with E-state index in [1.165, 1.54) is 34.9 Å². The fourth-order valence-corrected chi connectivity index (χ4v) is 6.95. The molecule has 0 bridgehead atoms. The monoisotopic (exact) mass is 627 g/mol. The van der Waals surface area contributed by atoms with Crippen molar-refractivity contribution >= 4 is 39.3 Å². The molecule has 0 spiro atoms. The van der Waals surface area contributed by atoms with Gasteiger partial charge in [0, 0.05) is 23.0 Å². The molecular weight excluding hydrogens is 590 g/mol. The topological polar surface area (TPSA) is 96.0 Å². The number of anilines is 1. The molecule has 1 aliphatic rings. The normalized spacial score (nSPS) is 14.2. The molecule has 11 heteroatoms. The number of thioether (sulfide) groups is 1. The molecule has 230 valence electrons. The van der Waals surface area contributed by atoms with Gasteiger partial charge < -0.3 is 15.0 Å². The van der Waals surface area contributed by atoms with Crippen molar-refractivity contribution in [3.05, 3.63) is 84.2 Å². The van der Waals surface area contributed by atoms with Crippen LogP contribution in [0.1, 0.15) is 45.1 Å². The minimum Gasteiger partial charge on any atom is -0.492 e. The predicted molar refractivity (Wildman–Crippen MR) is 167 cm³/mol. The molecule has 1 aliphatic carbocycles. The Morgan fingerprint density at radius 3 is 2.33 bits per heavy atom. The van der Waals surface area contributed by atoms with Crippen LogP contribution in [0.25, 0.3) is 0 Å². The van der Waals surface area contributed by atoms with Crippen LogP contribution in [0.5, 0.6) is 5.75 Å². The Hall–Kier alpha value is -3.57. The van der Waals surface area contributed by atoms with E-state index in [0.29, 0.717) is 0 Å². The Balaban J connectivity index is 1.73. The van der Waals surface area contributed by atoms with Crippen LogP contribution < -0.4 is 14.4 Å². The van der Waals surface area contributed by atoms with Crippen LogP contribution in [0, 0.1) is 5.82 Å². The quantitative estimate of drug-likeness (QED) is 0.247. The Morgan fingerprint density at radius 1 is 1.02 bits per heavy atom. The van der Waals surface area contributed by atoms with Crippen LogP contribution in [0.2, 0.25) is 0 Å². The number of hydrogen-bond donors (Lipinski definition) is 1. The fourth-order valence-electron chi connectivity index (χ4n) is 5.11. The first-order chi connectivity index (χ1) is 20.6. The van der Waals surface area contributed by atoms with E-state index in [9.17, 15) is 22.4 Å². The molecule has 2 amide bonds.